The van der Waals surface area contributed by atoms with Gasteiger partial charge in [0.2, 0.25) is 5.91 Å². The summed E-state index contributed by atoms with van der Waals surface area (Å²) in [5.41, 5.74) is 6.42. The van der Waals surface area contributed by atoms with Gasteiger partial charge in [-0.3, -0.25) is 4.79 Å². The Morgan fingerprint density at radius 3 is 2.29 bits per heavy atom. The van der Waals surface area contributed by atoms with E-state index in [2.05, 4.69) is 0 Å². The lowest BCUT2D eigenvalue weighted by Crippen LogP contribution is -2.48. The highest BCUT2D eigenvalue weighted by Crippen LogP contribution is 2.35. The molecule has 116 valence electrons. The van der Waals surface area contributed by atoms with E-state index in [0.717, 1.165) is 31.2 Å². The Morgan fingerprint density at radius 2 is 1.86 bits per heavy atom. The number of nitrogens with zero attached hydrogens (tertiary/aromatic N) is 1. The Kier molecular flexibility index (Phi) is 4.99. The van der Waals surface area contributed by atoms with Gasteiger partial charge in [0.25, 0.3) is 0 Å². The number of benzene rings is 1. The van der Waals surface area contributed by atoms with Gasteiger partial charge in [0.05, 0.1) is 5.41 Å². The first-order valence-electron chi connectivity index (χ1n) is 7.82. The van der Waals surface area contributed by atoms with Crippen LogP contribution in [-0.4, -0.2) is 23.4 Å². The highest BCUT2D eigenvalue weighted by molar-refractivity contribution is 5.83. The van der Waals surface area contributed by atoms with Gasteiger partial charge in [0, 0.05) is 19.1 Å². The number of halogens is 1. The summed E-state index contributed by atoms with van der Waals surface area (Å²) in [4.78, 5) is 14.9. The summed E-state index contributed by atoms with van der Waals surface area (Å²) >= 11 is 0. The van der Waals surface area contributed by atoms with Gasteiger partial charge in [-0.15, -0.1) is 0 Å². The molecule has 1 amide bonds. The number of nitrogens with two attached hydrogens (primary N) is 1. The van der Waals surface area contributed by atoms with Crippen LogP contribution in [0, 0.1) is 11.2 Å². The van der Waals surface area contributed by atoms with Crippen LogP contribution in [0.4, 0.5) is 4.39 Å². The molecule has 1 aromatic rings. The van der Waals surface area contributed by atoms with Crippen LogP contribution >= 0.6 is 0 Å². The second-order valence-corrected chi connectivity index (χ2v) is 5.98. The Bertz CT molecular complexity index is 470. The van der Waals surface area contributed by atoms with Crippen molar-refractivity contribution in [2.75, 3.05) is 6.54 Å². The van der Waals surface area contributed by atoms with Gasteiger partial charge in [-0.25, -0.2) is 4.39 Å². The van der Waals surface area contributed by atoms with Gasteiger partial charge in [0.1, 0.15) is 5.82 Å². The van der Waals surface area contributed by atoms with Gasteiger partial charge in [-0.2, -0.15) is 0 Å². The number of hydrogen-bond acceptors (Lipinski definition) is 2. The molecular formula is C17H25FN2O. The van der Waals surface area contributed by atoms with Crippen LogP contribution in [0.15, 0.2) is 24.3 Å². The van der Waals surface area contributed by atoms with Crippen LogP contribution < -0.4 is 5.73 Å². The fourth-order valence-corrected chi connectivity index (χ4v) is 2.77. The molecule has 0 aliphatic heterocycles. The zero-order valence-corrected chi connectivity index (χ0v) is 12.9. The summed E-state index contributed by atoms with van der Waals surface area (Å²) in [5, 5.41) is 0. The standard InChI is InChI=1S/C17H25FN2O/c1-3-17(4-2,12-19)16(21)20(15-9-10-15)11-13-5-7-14(18)8-6-13/h5-8,15H,3-4,9-12,19H2,1-2H3. The highest BCUT2D eigenvalue weighted by Gasteiger charge is 2.42. The minimum Gasteiger partial charge on any atom is -0.335 e. The fraction of sp³-hybridized carbons (Fsp3) is 0.588. The van der Waals surface area contributed by atoms with Crippen molar-refractivity contribution in [1.29, 1.82) is 0 Å². The third kappa shape index (κ3) is 3.43. The van der Waals surface area contributed by atoms with E-state index in [-0.39, 0.29) is 11.7 Å². The summed E-state index contributed by atoms with van der Waals surface area (Å²) in [6, 6.07) is 6.72. The largest absolute Gasteiger partial charge is 0.335 e. The molecule has 0 spiro atoms. The van der Waals surface area contributed by atoms with Crippen molar-refractivity contribution in [2.45, 2.75) is 52.1 Å². The molecule has 4 heteroatoms. The van der Waals surface area contributed by atoms with E-state index in [4.69, 9.17) is 5.73 Å². The monoisotopic (exact) mass is 292 g/mol. The number of hydrogen-bond donors (Lipinski definition) is 1. The van der Waals surface area contributed by atoms with Crippen molar-refractivity contribution in [1.82, 2.24) is 4.90 Å². The van der Waals surface area contributed by atoms with E-state index in [1.165, 1.54) is 12.1 Å². The smallest absolute Gasteiger partial charge is 0.230 e. The fourth-order valence-electron chi connectivity index (χ4n) is 2.77. The average molecular weight is 292 g/mol. The molecule has 1 aromatic carbocycles. The topological polar surface area (TPSA) is 46.3 Å². The molecule has 1 saturated carbocycles. The van der Waals surface area contributed by atoms with E-state index >= 15 is 0 Å². The number of carbonyl (C=O) groups excluding carboxylic acids is 1. The molecule has 2 N–H and O–H groups in total. The molecule has 0 aromatic heterocycles. The minimum absolute atomic E-state index is 0.154. The zero-order valence-electron chi connectivity index (χ0n) is 12.9. The van der Waals surface area contributed by atoms with Crippen LogP contribution in [0.5, 0.6) is 0 Å². The summed E-state index contributed by atoms with van der Waals surface area (Å²) in [7, 11) is 0. The van der Waals surface area contributed by atoms with Crippen molar-refractivity contribution < 1.29 is 9.18 Å². The molecule has 0 saturated heterocycles. The predicted octanol–water partition coefficient (Wildman–Crippen LogP) is 3.08. The lowest BCUT2D eigenvalue weighted by atomic mass is 9.80. The van der Waals surface area contributed by atoms with Crippen LogP contribution in [0.1, 0.15) is 45.1 Å². The lowest BCUT2D eigenvalue weighted by Gasteiger charge is -2.35. The average Bonchev–Trinajstić information content (AvgIpc) is 3.33. The van der Waals surface area contributed by atoms with Crippen LogP contribution in [0.3, 0.4) is 0 Å². The van der Waals surface area contributed by atoms with Crippen molar-refractivity contribution in [3.63, 3.8) is 0 Å². The predicted molar refractivity (Wildman–Crippen MR) is 82.0 cm³/mol. The first-order chi connectivity index (χ1) is 10.1. The van der Waals surface area contributed by atoms with E-state index < -0.39 is 5.41 Å². The van der Waals surface area contributed by atoms with Crippen LogP contribution in [-0.2, 0) is 11.3 Å². The maximum Gasteiger partial charge on any atom is 0.230 e. The summed E-state index contributed by atoms with van der Waals surface area (Å²) in [6.45, 7) is 4.98. The number of carbonyl (C=O) groups is 1. The van der Waals surface area contributed by atoms with Gasteiger partial charge < -0.3 is 10.6 Å². The highest BCUT2D eigenvalue weighted by atomic mass is 19.1. The lowest BCUT2D eigenvalue weighted by molar-refractivity contribution is -0.143. The SMILES string of the molecule is CCC(CC)(CN)C(=O)N(Cc1ccc(F)cc1)C1CC1. The molecule has 0 radical (unpaired) electrons. The second kappa shape index (κ2) is 6.56. The summed E-state index contributed by atoms with van der Waals surface area (Å²) < 4.78 is 13.0. The van der Waals surface area contributed by atoms with Gasteiger partial charge >= 0.3 is 0 Å². The maximum atomic E-state index is 13.0. The summed E-state index contributed by atoms with van der Waals surface area (Å²) in [6.07, 6.45) is 3.62. The molecule has 1 aliphatic rings. The van der Waals surface area contributed by atoms with E-state index in [9.17, 15) is 9.18 Å². The van der Waals surface area contributed by atoms with Crippen molar-refractivity contribution in [2.24, 2.45) is 11.1 Å². The molecule has 3 nitrogen and oxygen atoms in total. The van der Waals surface area contributed by atoms with Crippen molar-refractivity contribution in [3.05, 3.63) is 35.6 Å². The number of amides is 1. The van der Waals surface area contributed by atoms with Gasteiger partial charge in [-0.1, -0.05) is 26.0 Å². The molecular weight excluding hydrogens is 267 g/mol. The summed E-state index contributed by atoms with van der Waals surface area (Å²) in [5.74, 6) is -0.0942. The first kappa shape index (κ1) is 16.0. The van der Waals surface area contributed by atoms with Gasteiger partial charge in [0.15, 0.2) is 0 Å². The van der Waals surface area contributed by atoms with E-state index in [1.54, 1.807) is 12.1 Å². The Hall–Kier alpha value is -1.42. The Balaban J connectivity index is 2.18. The quantitative estimate of drug-likeness (QED) is 0.839. The second-order valence-electron chi connectivity index (χ2n) is 5.98. The van der Waals surface area contributed by atoms with E-state index in [0.29, 0.717) is 19.1 Å². The molecule has 1 aliphatic carbocycles. The zero-order chi connectivity index (χ0) is 15.5. The third-order valence-electron chi connectivity index (χ3n) is 4.71. The molecule has 0 heterocycles. The van der Waals surface area contributed by atoms with Gasteiger partial charge in [-0.05, 0) is 43.4 Å². The molecule has 0 atom stereocenters. The molecule has 0 bridgehead atoms. The van der Waals surface area contributed by atoms with Crippen LogP contribution in [0.2, 0.25) is 0 Å². The normalized spacial score (nSPS) is 15.0. The van der Waals surface area contributed by atoms with E-state index in [1.807, 2.05) is 18.7 Å². The molecule has 21 heavy (non-hydrogen) atoms. The molecule has 0 unspecified atom stereocenters. The Labute approximate surface area is 126 Å². The molecule has 2 rings (SSSR count). The molecule has 1 fully saturated rings. The van der Waals surface area contributed by atoms with Crippen molar-refractivity contribution >= 4 is 5.91 Å². The van der Waals surface area contributed by atoms with Crippen molar-refractivity contribution in [3.8, 4) is 0 Å². The minimum atomic E-state index is -0.456. The first-order valence-corrected chi connectivity index (χ1v) is 7.82. The third-order valence-corrected chi connectivity index (χ3v) is 4.71. The number of rotatable bonds is 7. The maximum absolute atomic E-state index is 13.0. The Morgan fingerprint density at radius 1 is 1.29 bits per heavy atom. The van der Waals surface area contributed by atoms with Crippen LogP contribution in [0.25, 0.3) is 0 Å².